The topological polar surface area (TPSA) is 3.24 Å². The maximum Gasteiger partial charge on any atom is 0.673 e. The van der Waals surface area contributed by atoms with Gasteiger partial charge in [-0.05, 0) is 6.42 Å². The van der Waals surface area contributed by atoms with E-state index in [0.717, 1.165) is 17.7 Å². The molecule has 21 heavy (non-hydrogen) atoms. The average Bonchev–Trinajstić information content (AvgIpc) is 2.70. The van der Waals surface area contributed by atoms with E-state index in [-0.39, 0.29) is 0 Å². The Labute approximate surface area is 123 Å². The minimum Gasteiger partial charge on any atom is -0.418 e. The molecule has 7 heteroatoms. The molecule has 2 nitrogen and oxygen atoms in total. The molecular formula is C14H21BF4N2. The molecule has 0 spiro atoms. The van der Waals surface area contributed by atoms with Gasteiger partial charge in [-0.25, -0.2) is 0 Å². The van der Waals surface area contributed by atoms with Crippen LogP contribution in [0.3, 0.4) is 0 Å². The second kappa shape index (κ2) is 7.50. The Morgan fingerprint density at radius 1 is 1.14 bits per heavy atom. The van der Waals surface area contributed by atoms with Crippen LogP contribution in [0.5, 0.6) is 0 Å². The van der Waals surface area contributed by atoms with Crippen LogP contribution in [0, 0.1) is 0 Å². The first kappa shape index (κ1) is 17.6. The Bertz CT molecular complexity index is 444. The molecule has 1 aliphatic rings. The Morgan fingerprint density at radius 2 is 1.71 bits per heavy atom. The molecule has 2 rings (SSSR count). The highest BCUT2D eigenvalue weighted by molar-refractivity contribution is 6.50. The lowest BCUT2D eigenvalue weighted by atomic mass is 10.2. The van der Waals surface area contributed by atoms with Gasteiger partial charge in [-0.2, -0.15) is 0 Å². The van der Waals surface area contributed by atoms with Gasteiger partial charge in [0.15, 0.2) is 6.67 Å². The van der Waals surface area contributed by atoms with Crippen LogP contribution in [0.25, 0.3) is 0 Å². The number of benzene rings is 1. The third-order valence-electron chi connectivity index (χ3n) is 3.04. The summed E-state index contributed by atoms with van der Waals surface area (Å²) in [6, 6.07) is 10.7. The van der Waals surface area contributed by atoms with Crippen LogP contribution in [0.15, 0.2) is 42.7 Å². The highest BCUT2D eigenvalue weighted by Crippen LogP contribution is 2.19. The summed E-state index contributed by atoms with van der Waals surface area (Å²) < 4.78 is 40.0. The zero-order valence-electron chi connectivity index (χ0n) is 12.4. The van der Waals surface area contributed by atoms with Crippen molar-refractivity contribution in [3.63, 3.8) is 0 Å². The molecule has 0 radical (unpaired) electrons. The minimum atomic E-state index is -6.00. The number of quaternary nitrogens is 1. The number of hydrogen-bond donors (Lipinski definition) is 0. The fourth-order valence-corrected chi connectivity index (χ4v) is 2.30. The lowest BCUT2D eigenvalue weighted by molar-refractivity contribution is -0.875. The molecule has 0 fully saturated rings. The Kier molecular flexibility index (Phi) is 6.27. The van der Waals surface area contributed by atoms with E-state index in [9.17, 15) is 17.3 Å². The van der Waals surface area contributed by atoms with E-state index in [1.54, 1.807) is 0 Å². The molecule has 1 atom stereocenters. The monoisotopic (exact) mass is 304 g/mol. The standard InChI is InChI=1S/C14H21N2.BF4/c1-3-9-15-10-11-16(2,13-15)12-14-7-5-4-6-8-14;2-1(3,4)5/h4-8,10-11H,3,9,12-13H2,1-2H3;/q+1;-1. The van der Waals surface area contributed by atoms with Crippen molar-refractivity contribution in [2.75, 3.05) is 20.3 Å². The molecule has 0 aromatic heterocycles. The van der Waals surface area contributed by atoms with Crippen molar-refractivity contribution < 1.29 is 21.7 Å². The smallest absolute Gasteiger partial charge is 0.418 e. The van der Waals surface area contributed by atoms with Crippen LogP contribution in [0.4, 0.5) is 17.3 Å². The zero-order chi connectivity index (χ0) is 15.9. The predicted molar refractivity (Wildman–Crippen MR) is 77.5 cm³/mol. The van der Waals surface area contributed by atoms with E-state index in [1.807, 2.05) is 0 Å². The highest BCUT2D eigenvalue weighted by atomic mass is 19.5. The normalized spacial score (nSPS) is 21.1. The summed E-state index contributed by atoms with van der Waals surface area (Å²) >= 11 is 0. The number of hydrogen-bond acceptors (Lipinski definition) is 1. The molecule has 0 saturated heterocycles. The number of halogens is 4. The summed E-state index contributed by atoms with van der Waals surface area (Å²) in [7, 11) is -3.71. The quantitative estimate of drug-likeness (QED) is 0.460. The van der Waals surface area contributed by atoms with E-state index in [0.29, 0.717) is 0 Å². The van der Waals surface area contributed by atoms with Crippen LogP contribution < -0.4 is 0 Å². The maximum absolute atomic E-state index is 9.75. The fraction of sp³-hybridized carbons (Fsp3) is 0.429. The molecule has 1 heterocycles. The first-order valence-electron chi connectivity index (χ1n) is 6.91. The van der Waals surface area contributed by atoms with Gasteiger partial charge in [0.05, 0.1) is 13.2 Å². The molecule has 0 saturated carbocycles. The summed E-state index contributed by atoms with van der Waals surface area (Å²) in [6.07, 6.45) is 5.77. The van der Waals surface area contributed by atoms with Gasteiger partial charge < -0.3 is 22.2 Å². The van der Waals surface area contributed by atoms with Crippen molar-refractivity contribution in [2.45, 2.75) is 19.9 Å². The molecule has 0 aliphatic carbocycles. The van der Waals surface area contributed by atoms with E-state index in [2.05, 4.69) is 61.6 Å². The van der Waals surface area contributed by atoms with Crippen molar-refractivity contribution in [3.8, 4) is 0 Å². The molecular weight excluding hydrogens is 283 g/mol. The Hall–Kier alpha value is -1.50. The van der Waals surface area contributed by atoms with Crippen molar-refractivity contribution in [2.24, 2.45) is 0 Å². The van der Waals surface area contributed by atoms with Crippen molar-refractivity contribution >= 4 is 7.25 Å². The zero-order valence-corrected chi connectivity index (χ0v) is 12.4. The molecule has 0 bridgehead atoms. The minimum absolute atomic E-state index is 0.990. The third kappa shape index (κ3) is 7.75. The van der Waals surface area contributed by atoms with E-state index >= 15 is 0 Å². The van der Waals surface area contributed by atoms with E-state index < -0.39 is 7.25 Å². The fourth-order valence-electron chi connectivity index (χ4n) is 2.30. The summed E-state index contributed by atoms with van der Waals surface area (Å²) in [5, 5.41) is 0. The van der Waals surface area contributed by atoms with Gasteiger partial charge in [-0.3, -0.25) is 4.48 Å². The molecule has 1 aromatic rings. The van der Waals surface area contributed by atoms with Crippen LogP contribution in [0.2, 0.25) is 0 Å². The predicted octanol–water partition coefficient (Wildman–Crippen LogP) is 4.09. The van der Waals surface area contributed by atoms with Gasteiger partial charge in [-0.15, -0.1) is 0 Å². The summed E-state index contributed by atoms with van der Waals surface area (Å²) in [5.74, 6) is 0. The van der Waals surface area contributed by atoms with Crippen molar-refractivity contribution in [3.05, 3.63) is 48.3 Å². The lowest BCUT2D eigenvalue weighted by Crippen LogP contribution is -2.40. The van der Waals surface area contributed by atoms with Crippen LogP contribution in [0.1, 0.15) is 18.9 Å². The van der Waals surface area contributed by atoms with Gasteiger partial charge in [0.2, 0.25) is 0 Å². The van der Waals surface area contributed by atoms with Crippen LogP contribution in [-0.2, 0) is 6.54 Å². The molecule has 1 unspecified atom stereocenters. The summed E-state index contributed by atoms with van der Waals surface area (Å²) in [6.45, 7) is 5.58. The summed E-state index contributed by atoms with van der Waals surface area (Å²) in [4.78, 5) is 2.41. The van der Waals surface area contributed by atoms with Crippen LogP contribution >= 0.6 is 0 Å². The van der Waals surface area contributed by atoms with Gasteiger partial charge in [-0.1, -0.05) is 37.3 Å². The second-order valence-electron chi connectivity index (χ2n) is 5.37. The molecule has 1 aromatic carbocycles. The van der Waals surface area contributed by atoms with Crippen molar-refractivity contribution in [1.82, 2.24) is 4.90 Å². The van der Waals surface area contributed by atoms with Gasteiger partial charge in [0.1, 0.15) is 12.7 Å². The molecule has 118 valence electrons. The molecule has 1 aliphatic heterocycles. The Morgan fingerprint density at radius 3 is 2.24 bits per heavy atom. The largest absolute Gasteiger partial charge is 0.673 e. The number of nitrogens with zero attached hydrogens (tertiary/aromatic N) is 2. The van der Waals surface area contributed by atoms with Crippen LogP contribution in [-0.4, -0.2) is 36.9 Å². The SMILES string of the molecule is CCCN1C=C[N+](C)(Cc2ccccc2)C1.F[B-](F)(F)F. The first-order valence-corrected chi connectivity index (χ1v) is 6.91. The Balaban J connectivity index is 0.000000383. The average molecular weight is 304 g/mol. The highest BCUT2D eigenvalue weighted by Gasteiger charge is 2.26. The van der Waals surface area contributed by atoms with E-state index in [4.69, 9.17) is 0 Å². The lowest BCUT2D eigenvalue weighted by Gasteiger charge is -2.28. The first-order chi connectivity index (χ1) is 9.72. The third-order valence-corrected chi connectivity index (χ3v) is 3.04. The van der Waals surface area contributed by atoms with Crippen molar-refractivity contribution in [1.29, 1.82) is 0 Å². The van der Waals surface area contributed by atoms with E-state index in [1.165, 1.54) is 18.5 Å². The second-order valence-corrected chi connectivity index (χ2v) is 5.37. The van der Waals surface area contributed by atoms with Gasteiger partial charge in [0, 0.05) is 12.1 Å². The maximum atomic E-state index is 9.75. The summed E-state index contributed by atoms with van der Waals surface area (Å²) in [5.41, 5.74) is 1.41. The molecule has 0 amide bonds. The number of rotatable bonds is 4. The van der Waals surface area contributed by atoms with Gasteiger partial charge in [0.25, 0.3) is 0 Å². The van der Waals surface area contributed by atoms with Gasteiger partial charge >= 0.3 is 7.25 Å². The molecule has 0 N–H and O–H groups in total.